The highest BCUT2D eigenvalue weighted by Gasteiger charge is 2.51. The molecule has 36 heteroatoms. The third-order valence-electron chi connectivity index (χ3n) is 19.4. The van der Waals surface area contributed by atoms with Gasteiger partial charge in [-0.15, -0.1) is 71.8 Å². The summed E-state index contributed by atoms with van der Waals surface area (Å²) in [6.07, 6.45) is 21.3. The summed E-state index contributed by atoms with van der Waals surface area (Å²) in [4.78, 5) is 50.7. The van der Waals surface area contributed by atoms with Gasteiger partial charge in [-0.1, -0.05) is 38.8 Å². The van der Waals surface area contributed by atoms with Crippen LogP contribution in [0.1, 0.15) is 39.0 Å². The van der Waals surface area contributed by atoms with Crippen LogP contribution < -0.4 is 37.2 Å². The highest BCUT2D eigenvalue weighted by molar-refractivity contribution is 7.80. The topological polar surface area (TPSA) is 420 Å². The van der Waals surface area contributed by atoms with E-state index in [-0.39, 0.29) is 53.0 Å². The molecule has 112 heavy (non-hydrogen) atoms. The summed E-state index contributed by atoms with van der Waals surface area (Å²) in [5, 5.41) is 121. The summed E-state index contributed by atoms with van der Waals surface area (Å²) in [6.45, 7) is 35.4. The average Bonchev–Trinajstić information content (AvgIpc) is 1.70. The highest BCUT2D eigenvalue weighted by Crippen LogP contribution is 2.45. The maximum Gasteiger partial charge on any atom is 0.325 e. The molecule has 0 spiro atoms. The van der Waals surface area contributed by atoms with Crippen molar-refractivity contribution in [1.29, 1.82) is 0 Å². The number of thiocarbonyl (C=S) groups is 1. The number of hydrogen-bond donors (Lipinski definition) is 17. The number of aliphatic hydroxyl groups excluding tert-OH is 10. The van der Waals surface area contributed by atoms with Crippen molar-refractivity contribution in [2.75, 3.05) is 118 Å². The number of methoxy groups -OCH3 is 1. The van der Waals surface area contributed by atoms with Crippen LogP contribution in [0.5, 0.6) is 0 Å². The van der Waals surface area contributed by atoms with Crippen molar-refractivity contribution in [2.24, 2.45) is 0 Å². The second-order valence-electron chi connectivity index (χ2n) is 32.6. The van der Waals surface area contributed by atoms with E-state index in [1.807, 2.05) is 0 Å². The number of rotatable bonds is 22. The lowest BCUT2D eigenvalue weighted by molar-refractivity contribution is -0.120. The zero-order chi connectivity index (χ0) is 84.4. The molecule has 0 aliphatic carbocycles. The Morgan fingerprint density at radius 1 is 0.473 bits per heavy atom. The summed E-state index contributed by atoms with van der Waals surface area (Å²) in [5.41, 5.74) is 3.79. The van der Waals surface area contributed by atoms with Crippen molar-refractivity contribution in [3.05, 3.63) is 120 Å². The molecule has 10 heterocycles. The Balaban J connectivity index is 0.000000218. The Morgan fingerprint density at radius 2 is 0.839 bits per heavy atom. The van der Waals surface area contributed by atoms with Crippen LogP contribution in [0, 0.1) is 11.8 Å². The molecular weight excluding hydrogens is 1560 g/mol. The van der Waals surface area contributed by atoms with Gasteiger partial charge in [-0.05, 0) is 149 Å². The van der Waals surface area contributed by atoms with E-state index >= 15 is 0 Å². The molecule has 5 saturated heterocycles. The van der Waals surface area contributed by atoms with E-state index in [2.05, 4.69) is 180 Å². The Hall–Kier alpha value is -5.41. The van der Waals surface area contributed by atoms with Crippen LogP contribution in [0.15, 0.2) is 120 Å². The quantitative estimate of drug-likeness (QED) is 0.0416. The Morgan fingerprint density at radius 3 is 1.23 bits per heavy atom. The number of carbonyl (C=O) groups excluding carboxylic acids is 4. The van der Waals surface area contributed by atoms with Crippen molar-refractivity contribution >= 4 is 107 Å². The van der Waals surface area contributed by atoms with E-state index in [1.54, 1.807) is 33.5 Å². The van der Waals surface area contributed by atoms with Crippen molar-refractivity contribution in [2.45, 2.75) is 161 Å². The fourth-order valence-corrected chi connectivity index (χ4v) is 18.0. The van der Waals surface area contributed by atoms with Crippen LogP contribution in [0.3, 0.4) is 0 Å². The molecule has 0 bridgehead atoms. The van der Waals surface area contributed by atoms with Gasteiger partial charge in [0.15, 0.2) is 17.6 Å². The summed E-state index contributed by atoms with van der Waals surface area (Å²) < 4.78 is 34.9. The summed E-state index contributed by atoms with van der Waals surface area (Å²) in [6, 6.07) is -0.622. The number of carbonyl (C=O) groups is 4. The van der Waals surface area contributed by atoms with E-state index in [0.29, 0.717) is 59.0 Å². The van der Waals surface area contributed by atoms with Crippen LogP contribution in [0.2, 0.25) is 0 Å². The molecule has 10 aliphatic heterocycles. The number of ether oxygens (including phenoxy) is 6. The zero-order valence-corrected chi connectivity index (χ0v) is 72.1. The summed E-state index contributed by atoms with van der Waals surface area (Å²) in [5.74, 6) is 5.09. The largest absolute Gasteiger partial charge is 0.391 e. The van der Waals surface area contributed by atoms with Crippen molar-refractivity contribution < 1.29 is 98.7 Å². The standard InChI is InChI=1S/C17H25N2O4P.C16H27N2O4P.C15H25N2O5P.C14H23N2O4P.C14H23N2O3PS/c1-6-7-12-10-19(11(2)18-16(12)22)17-15(21)14(20)13(23-17)8-9-24(3,4)5;1-10-11(9-18(2)16(20)17-10)14-15(21-3)13(19)12(22-14)7-8-23(4,5)6;1-9-16-14(21)10(8-18)7-17(9)15-13(20)12(19)11(22-15)5-6-23(2,3)4;1-8-9(7-15-14(19)16-8)13-12(18)11(17)10(20-13)5-6-21(2,3)4;1-8-9(7-15-14(21)16-8)13-12(18)11(17)10(19-13)5-6-20(2,3)4/h10,13-15,17,20-21H,2-3,8-9H2,1,4-5H3,(H,18,22);9,12-15,19H,1,4,7-8H2,2-3,5-6H3,(H,17,20);7,11-13,15,18-20H,1-2,5-6,8H2,3-4H3,(H,16,21);7,10-13,17-18H,1-2,5-6H2,3-4H3,(H2,15,16,19);7,10-13,17-18H,1-2,5-6H2,3-4H3,(H2,15,16,21)/t13-,14-,15-,17-;12-,13-,14+,15-;11-,12-,13-,15-;2*10-,11-,12-,13+/m11111/s1. The normalized spacial score (nSPS) is 32.2. The van der Waals surface area contributed by atoms with Gasteiger partial charge < -0.3 is 131 Å². The lowest BCUT2D eigenvalue weighted by atomic mass is 9.98. The predicted molar refractivity (Wildman–Crippen MR) is 458 cm³/mol. The number of aliphatic hydroxyl groups is 10. The van der Waals surface area contributed by atoms with E-state index in [1.165, 1.54) is 33.3 Å². The third kappa shape index (κ3) is 26.6. The van der Waals surface area contributed by atoms with Gasteiger partial charge in [0.2, 0.25) is 0 Å². The molecule has 10 aliphatic rings. The Labute approximate surface area is 666 Å². The van der Waals surface area contributed by atoms with Crippen molar-refractivity contribution in [1.82, 2.24) is 51.9 Å². The van der Waals surface area contributed by atoms with Gasteiger partial charge in [0.25, 0.3) is 11.8 Å². The molecule has 6 amide bonds. The molecule has 5 fully saturated rings. The Bertz CT molecular complexity index is 3940. The highest BCUT2D eigenvalue weighted by atomic mass is 32.1. The first-order valence-electron chi connectivity index (χ1n) is 36.5. The molecular formula is C76H123N10O20P5S. The van der Waals surface area contributed by atoms with Gasteiger partial charge in [0.1, 0.15) is 96.6 Å². The molecule has 0 aromatic rings. The number of hydrogen-bond acceptors (Lipinski definition) is 23. The SMILES string of the molecule is C=C1NC(=O)C(C#CC)=CN1[C@@H]1O[C@H](CCP(=C)(C)C)[C@@H](O)[C@H]1O.C=C1NC(=O)C(CO)=CN1[C@@H]1O[C@H](CCP(=C)(C)C)[C@@H](O)[C@H]1O.C=C1NC(=O)N(C)C=C1[C@@H]1O[C@H](CCP(=C)(C)C)[C@@H](O)[C@H]1OC.C=C1NC(=O)NC=C1[C@@H]1O[C@H](CCP(=C)(C)C)[C@@H](O)[C@H]1O.C=C1NC(=S)NC=C1[C@@H]1O[C@H](CCP(=C)(C)C)[C@@H](O)[C@H]1O. The van der Waals surface area contributed by atoms with Crippen LogP contribution >= 0.6 is 46.6 Å². The first-order chi connectivity index (χ1) is 51.8. The van der Waals surface area contributed by atoms with E-state index in [9.17, 15) is 70.2 Å². The second kappa shape index (κ2) is 40.2. The van der Waals surface area contributed by atoms with Gasteiger partial charge in [0.05, 0.1) is 42.7 Å². The number of nitrogens with zero attached hydrogens (tertiary/aromatic N) is 3. The van der Waals surface area contributed by atoms with Crippen LogP contribution in [0.25, 0.3) is 0 Å². The van der Waals surface area contributed by atoms with Gasteiger partial charge in [-0.3, -0.25) is 9.59 Å². The zero-order valence-electron chi connectivity index (χ0n) is 66.8. The lowest BCUT2D eigenvalue weighted by Crippen LogP contribution is -2.48. The first-order valence-corrected chi connectivity index (χ1v) is 52.2. The average molecular weight is 1680 g/mol. The Kier molecular flexibility index (Phi) is 34.2. The molecule has 0 unspecified atom stereocenters. The fourth-order valence-electron chi connectivity index (χ4n) is 13.0. The monoisotopic (exact) mass is 1680 g/mol. The molecule has 0 aromatic carbocycles. The predicted octanol–water partition coefficient (Wildman–Crippen LogP) is 1.67. The minimum atomic E-state index is -1.26. The lowest BCUT2D eigenvalue weighted by Gasteiger charge is -2.34. The van der Waals surface area contributed by atoms with Gasteiger partial charge in [-0.2, -0.15) is 0 Å². The van der Waals surface area contributed by atoms with Gasteiger partial charge in [-0.25, -0.2) is 9.59 Å². The van der Waals surface area contributed by atoms with E-state index in [0.717, 1.165) is 42.8 Å². The van der Waals surface area contributed by atoms with E-state index < -0.39 is 157 Å². The number of urea groups is 2. The van der Waals surface area contributed by atoms with Crippen LogP contribution in [-0.2, 0) is 38.0 Å². The minimum Gasteiger partial charge on any atom is -0.391 e. The molecule has 0 saturated carbocycles. The van der Waals surface area contributed by atoms with Crippen molar-refractivity contribution in [3.8, 4) is 11.8 Å². The fraction of sp³-hybridized carbons (Fsp3) is 0.579. The second-order valence-corrected chi connectivity index (χ2v) is 54.6. The minimum absolute atomic E-state index is 0.135. The summed E-state index contributed by atoms with van der Waals surface area (Å²) >= 11 is 4.99. The molecule has 628 valence electrons. The maximum atomic E-state index is 11.9. The molecule has 20 atom stereocenters. The van der Waals surface area contributed by atoms with E-state index in [4.69, 9.17) is 40.6 Å². The first kappa shape index (κ1) is 95.4. The van der Waals surface area contributed by atoms with Gasteiger partial charge in [0, 0.05) is 79.0 Å². The molecule has 30 nitrogen and oxygen atoms in total. The van der Waals surface area contributed by atoms with Crippen LogP contribution in [-0.4, -0.2) is 367 Å². The van der Waals surface area contributed by atoms with Gasteiger partial charge >= 0.3 is 12.1 Å². The maximum absolute atomic E-state index is 11.9. The number of amides is 6. The van der Waals surface area contributed by atoms with Crippen LogP contribution in [0.4, 0.5) is 9.59 Å². The molecule has 0 aromatic heterocycles. The third-order valence-corrected chi connectivity index (χ3v) is 27.0. The number of nitrogens with one attached hydrogen (secondary N) is 7. The molecule has 0 radical (unpaired) electrons. The summed E-state index contributed by atoms with van der Waals surface area (Å²) in [7, 11) is 3.21. The van der Waals surface area contributed by atoms with Crippen molar-refractivity contribution in [3.63, 3.8) is 0 Å². The molecule has 10 rings (SSSR count). The smallest absolute Gasteiger partial charge is 0.325 e. The molecule has 17 N–H and O–H groups in total.